The Morgan fingerprint density at radius 2 is 0.763 bits per heavy atom. The summed E-state index contributed by atoms with van der Waals surface area (Å²) in [6.07, 6.45) is 1.55. The van der Waals surface area contributed by atoms with Crippen molar-refractivity contribution in [1.29, 1.82) is 0 Å². The zero-order valence-electron chi connectivity index (χ0n) is 31.7. The molecule has 0 radical (unpaired) electrons. The van der Waals surface area contributed by atoms with Gasteiger partial charge in [0.15, 0.2) is 0 Å². The van der Waals surface area contributed by atoms with Gasteiger partial charge in [-0.3, -0.25) is 0 Å². The van der Waals surface area contributed by atoms with Crippen LogP contribution in [0.15, 0.2) is 218 Å². The fourth-order valence-corrected chi connectivity index (χ4v) is 10.9. The zero-order valence-corrected chi connectivity index (χ0v) is 35.9. The van der Waals surface area contributed by atoms with Crippen LogP contribution in [0.1, 0.15) is 6.92 Å². The summed E-state index contributed by atoms with van der Waals surface area (Å²) in [7, 11) is -6.68. The Morgan fingerprint density at radius 3 is 0.983 bits per heavy atom. The molecule has 0 aromatic heterocycles. The van der Waals surface area contributed by atoms with Crippen LogP contribution in [0, 0.1) is 6.20 Å². The van der Waals surface area contributed by atoms with E-state index in [0.717, 1.165) is 12.1 Å². The first kappa shape index (κ1) is 46.6. The molecule has 0 aliphatic heterocycles. The van der Waals surface area contributed by atoms with Gasteiger partial charge in [-0.1, -0.05) is 213 Å². The normalized spacial score (nSPS) is 11.3. The Hall–Kier alpha value is -5.06. The van der Waals surface area contributed by atoms with Crippen molar-refractivity contribution in [3.05, 3.63) is 224 Å². The van der Waals surface area contributed by atoms with Crippen molar-refractivity contribution in [3.63, 3.8) is 0 Å². The first-order chi connectivity index (χ1) is 28.1. The zero-order chi connectivity index (χ0) is 41.2. The number of rotatable bonds is 11. The average molecular weight is 940 g/mol. The van der Waals surface area contributed by atoms with Crippen LogP contribution in [0.5, 0.6) is 0 Å². The molecular formula is C47H40F3NO4P2PdS. The molecule has 0 saturated heterocycles. The van der Waals surface area contributed by atoms with E-state index in [0.29, 0.717) is 0 Å². The Morgan fingerprint density at radius 1 is 0.525 bits per heavy atom. The van der Waals surface area contributed by atoms with Crippen LogP contribution in [0.4, 0.5) is 18.9 Å². The maximum absolute atomic E-state index is 12.6. The molecule has 0 amide bonds. The van der Waals surface area contributed by atoms with Crippen LogP contribution < -0.4 is 41.2 Å². The number of sulfonamides is 1. The van der Waals surface area contributed by atoms with Gasteiger partial charge in [-0.05, 0) is 60.2 Å². The maximum Gasteiger partial charge on any atom is 2.00 e. The second-order valence-electron chi connectivity index (χ2n) is 12.1. The first-order valence-electron chi connectivity index (χ1n) is 18.1. The molecule has 0 saturated carbocycles. The van der Waals surface area contributed by atoms with Crippen molar-refractivity contribution in [2.45, 2.75) is 12.4 Å². The van der Waals surface area contributed by atoms with Gasteiger partial charge in [-0.25, -0.2) is 0 Å². The summed E-state index contributed by atoms with van der Waals surface area (Å²) in [6.45, 7) is 1.30. The maximum atomic E-state index is 12.6. The van der Waals surface area contributed by atoms with Crippen molar-refractivity contribution in [1.82, 2.24) is 0 Å². The number of anilines is 1. The van der Waals surface area contributed by atoms with Gasteiger partial charge < -0.3 is 14.1 Å². The molecule has 7 aromatic rings. The molecule has 0 spiro atoms. The quantitative estimate of drug-likeness (QED) is 0.0432. The standard InChI is InChI=1S/2C18H15P.C11H11F3NO4S.Pd/c2*1-4-10-16(11-5-1)19(17-12-6-2-7-13-17)18-14-8-3-9-15-18;1-2-19-10(16)8-15(9-6-4-3-5-7-9)20(17,18)11(12,13)14;/h2*1-15H;3-7,16H,2H2,1H3;/q;;-1;+2/p-1. The van der Waals surface area contributed by atoms with E-state index < -0.39 is 37.3 Å². The van der Waals surface area contributed by atoms with Crippen molar-refractivity contribution >= 4 is 63.4 Å². The molecule has 7 rings (SSSR count). The molecule has 5 nitrogen and oxygen atoms in total. The number of hydrogen-bond acceptors (Lipinski definition) is 4. The summed E-state index contributed by atoms with van der Waals surface area (Å²) in [5.74, 6) is -1.32. The Labute approximate surface area is 361 Å². The topological polar surface area (TPSA) is 69.7 Å². The smallest absolute Gasteiger partial charge is 0.628 e. The van der Waals surface area contributed by atoms with Crippen LogP contribution in [-0.2, 0) is 35.2 Å². The largest absolute Gasteiger partial charge is 2.00 e. The number of halogens is 3. The fourth-order valence-electron chi connectivity index (χ4n) is 5.53. The summed E-state index contributed by atoms with van der Waals surface area (Å²) in [4.78, 5) is 0. The number of hydrogen-bond donors (Lipinski definition) is 0. The number of nitrogens with zero attached hydrogens (tertiary/aromatic N) is 1. The predicted molar refractivity (Wildman–Crippen MR) is 233 cm³/mol. The van der Waals surface area contributed by atoms with E-state index in [9.17, 15) is 26.7 Å². The Balaban J connectivity index is 0.000000194. The van der Waals surface area contributed by atoms with E-state index in [1.165, 1.54) is 57.0 Å². The van der Waals surface area contributed by atoms with Crippen LogP contribution in [0.3, 0.4) is 0 Å². The van der Waals surface area contributed by atoms with Crippen molar-refractivity contribution < 1.29 is 51.9 Å². The average Bonchev–Trinajstić information content (AvgIpc) is 3.26. The van der Waals surface area contributed by atoms with Gasteiger partial charge in [0.05, 0.1) is 0 Å². The fraction of sp³-hybridized carbons (Fsp3) is 0.0638. The molecule has 0 heterocycles. The third-order valence-electron chi connectivity index (χ3n) is 8.08. The van der Waals surface area contributed by atoms with Gasteiger partial charge in [0, 0.05) is 0 Å². The molecule has 0 bridgehead atoms. The molecule has 0 aliphatic carbocycles. The van der Waals surface area contributed by atoms with Gasteiger partial charge >= 0.3 is 36.0 Å². The number of ether oxygens (including phenoxy) is 1. The van der Waals surface area contributed by atoms with Crippen LogP contribution in [0.25, 0.3) is 0 Å². The van der Waals surface area contributed by atoms with Gasteiger partial charge in [0.1, 0.15) is 0 Å². The van der Waals surface area contributed by atoms with Crippen LogP contribution >= 0.6 is 15.8 Å². The molecule has 0 atom stereocenters. The van der Waals surface area contributed by atoms with Crippen LogP contribution in [0.2, 0.25) is 0 Å². The number of benzene rings is 7. The summed E-state index contributed by atoms with van der Waals surface area (Å²) in [6, 6.07) is 71.0. The molecule has 12 heteroatoms. The van der Waals surface area contributed by atoms with Crippen LogP contribution in [-0.4, -0.2) is 20.5 Å². The van der Waals surface area contributed by atoms with E-state index in [1.54, 1.807) is 6.20 Å². The molecular weight excluding hydrogens is 900 g/mol. The number of para-hydroxylation sites is 1. The summed E-state index contributed by atoms with van der Waals surface area (Å²) in [5, 5.41) is 19.6. The summed E-state index contributed by atoms with van der Waals surface area (Å²) in [5.41, 5.74) is -5.94. The van der Waals surface area contributed by atoms with E-state index in [4.69, 9.17) is 0 Å². The van der Waals surface area contributed by atoms with E-state index >= 15 is 0 Å². The Bertz CT molecular complexity index is 2060. The minimum atomic E-state index is -5.78. The number of alkyl halides is 3. The Kier molecular flexibility index (Phi) is 18.6. The van der Waals surface area contributed by atoms with Crippen molar-refractivity contribution in [2.24, 2.45) is 0 Å². The first-order valence-corrected chi connectivity index (χ1v) is 22.2. The monoisotopic (exact) mass is 939 g/mol. The minimum absolute atomic E-state index is 0. The third kappa shape index (κ3) is 13.5. The SMILES string of the molecule is CCOC([O-])=[C-]N(c1ccccc1)S(=O)(=O)C(F)(F)F.[Pd+2].c1ccc(P(c2ccccc2)c2ccccc2)cc1.c1ccc(P(c2ccccc2)c2ccccc2)cc1. The van der Waals surface area contributed by atoms with Crippen molar-refractivity contribution in [2.75, 3.05) is 10.9 Å². The molecule has 0 aliphatic rings. The minimum Gasteiger partial charge on any atom is -0.628 e. The summed E-state index contributed by atoms with van der Waals surface area (Å²) >= 11 is 0. The van der Waals surface area contributed by atoms with E-state index in [1.807, 2.05) is 0 Å². The van der Waals surface area contributed by atoms with E-state index in [2.05, 4.69) is 187 Å². The van der Waals surface area contributed by atoms with Gasteiger partial charge in [0.25, 0.3) is 0 Å². The molecule has 0 fully saturated rings. The molecule has 0 unspecified atom stereocenters. The van der Waals surface area contributed by atoms with Crippen molar-refractivity contribution in [3.8, 4) is 0 Å². The summed E-state index contributed by atoms with van der Waals surface area (Å²) < 4.78 is 64.7. The predicted octanol–water partition coefficient (Wildman–Crippen LogP) is 8.23. The van der Waals surface area contributed by atoms with Gasteiger partial charge in [-0.15, -0.1) is 18.3 Å². The molecule has 7 aromatic carbocycles. The van der Waals surface area contributed by atoms with Gasteiger partial charge in [-0.2, -0.15) is 21.6 Å². The third-order valence-corrected chi connectivity index (χ3v) is 14.3. The molecule has 0 N–H and O–H groups in total. The second-order valence-corrected chi connectivity index (χ2v) is 18.3. The molecule has 59 heavy (non-hydrogen) atoms. The van der Waals surface area contributed by atoms with Gasteiger partial charge in [0.2, 0.25) is 0 Å². The molecule has 304 valence electrons. The second kappa shape index (κ2) is 23.5. The van der Waals surface area contributed by atoms with E-state index in [-0.39, 0.29) is 37.0 Å².